The Morgan fingerprint density at radius 3 is 2.90 bits per heavy atom. The number of fused-ring (bicyclic) bond motifs is 1. The molecule has 2 fully saturated rings. The van der Waals surface area contributed by atoms with Gasteiger partial charge in [0, 0.05) is 36.6 Å². The van der Waals surface area contributed by atoms with Gasteiger partial charge in [-0.1, -0.05) is 6.07 Å². The lowest BCUT2D eigenvalue weighted by Gasteiger charge is -2.37. The van der Waals surface area contributed by atoms with Gasteiger partial charge in [-0.15, -0.1) is 0 Å². The van der Waals surface area contributed by atoms with Crippen molar-refractivity contribution in [3.05, 3.63) is 34.1 Å². The van der Waals surface area contributed by atoms with E-state index in [0.29, 0.717) is 30.5 Å². The number of piperazine rings is 1. The minimum atomic E-state index is -0.519. The first kappa shape index (κ1) is 13.5. The van der Waals surface area contributed by atoms with E-state index >= 15 is 0 Å². The maximum atomic E-state index is 13.8. The van der Waals surface area contributed by atoms with E-state index in [-0.39, 0.29) is 23.4 Å². The van der Waals surface area contributed by atoms with E-state index in [0.717, 1.165) is 6.42 Å². The summed E-state index contributed by atoms with van der Waals surface area (Å²) >= 11 is 3.23. The van der Waals surface area contributed by atoms with Gasteiger partial charge in [0.1, 0.15) is 5.82 Å². The van der Waals surface area contributed by atoms with E-state index in [1.165, 1.54) is 6.07 Å². The molecular weight excluding hydrogens is 327 g/mol. The van der Waals surface area contributed by atoms with Crippen molar-refractivity contribution in [1.29, 1.82) is 0 Å². The zero-order chi connectivity index (χ0) is 14.3. The zero-order valence-corrected chi connectivity index (χ0v) is 12.4. The molecule has 0 aromatic heterocycles. The number of hydrogen-bond acceptors (Lipinski definition) is 2. The standard InChI is InChI=1S/C14H14BrFN2O2/c15-10-2-1-3-11(16)13(10)14(20)17-6-7-18-9(8-17)4-5-12(18)19/h1-3,9H,4-8H2. The Morgan fingerprint density at radius 2 is 2.15 bits per heavy atom. The fourth-order valence-electron chi connectivity index (χ4n) is 2.91. The molecule has 0 saturated carbocycles. The highest BCUT2D eigenvalue weighted by atomic mass is 79.9. The van der Waals surface area contributed by atoms with Crippen molar-refractivity contribution in [2.75, 3.05) is 19.6 Å². The third kappa shape index (κ3) is 2.22. The van der Waals surface area contributed by atoms with Crippen LogP contribution in [0.15, 0.2) is 22.7 Å². The Kier molecular flexibility index (Phi) is 3.50. The van der Waals surface area contributed by atoms with Crippen molar-refractivity contribution in [1.82, 2.24) is 9.80 Å². The molecule has 0 bridgehead atoms. The Balaban J connectivity index is 1.80. The van der Waals surface area contributed by atoms with Crippen molar-refractivity contribution >= 4 is 27.7 Å². The lowest BCUT2D eigenvalue weighted by Crippen LogP contribution is -2.53. The summed E-state index contributed by atoms with van der Waals surface area (Å²) < 4.78 is 14.3. The minimum Gasteiger partial charge on any atom is -0.336 e. The van der Waals surface area contributed by atoms with E-state index < -0.39 is 5.82 Å². The molecule has 20 heavy (non-hydrogen) atoms. The van der Waals surface area contributed by atoms with Crippen molar-refractivity contribution in [2.45, 2.75) is 18.9 Å². The molecule has 3 rings (SSSR count). The Hall–Kier alpha value is -1.43. The number of benzene rings is 1. The second kappa shape index (κ2) is 5.16. The predicted molar refractivity (Wildman–Crippen MR) is 74.7 cm³/mol. The van der Waals surface area contributed by atoms with E-state index in [9.17, 15) is 14.0 Å². The zero-order valence-electron chi connectivity index (χ0n) is 10.8. The molecule has 2 aliphatic rings. The van der Waals surface area contributed by atoms with Crippen LogP contribution in [0.5, 0.6) is 0 Å². The summed E-state index contributed by atoms with van der Waals surface area (Å²) in [6.07, 6.45) is 1.33. The normalized spacial score (nSPS) is 22.1. The van der Waals surface area contributed by atoms with Crippen LogP contribution in [-0.4, -0.2) is 47.3 Å². The molecular formula is C14H14BrFN2O2. The number of carbonyl (C=O) groups is 2. The number of halogens is 2. The average Bonchev–Trinajstić information content (AvgIpc) is 2.79. The first-order chi connectivity index (χ1) is 9.58. The summed E-state index contributed by atoms with van der Waals surface area (Å²) in [4.78, 5) is 27.6. The molecule has 6 heteroatoms. The Morgan fingerprint density at radius 1 is 1.35 bits per heavy atom. The lowest BCUT2D eigenvalue weighted by atomic mass is 10.1. The van der Waals surface area contributed by atoms with Crippen LogP contribution in [0.2, 0.25) is 0 Å². The number of hydrogen-bond donors (Lipinski definition) is 0. The van der Waals surface area contributed by atoms with E-state index in [1.807, 2.05) is 4.90 Å². The van der Waals surface area contributed by atoms with Crippen LogP contribution in [0.3, 0.4) is 0 Å². The van der Waals surface area contributed by atoms with Gasteiger partial charge < -0.3 is 9.80 Å². The molecule has 4 nitrogen and oxygen atoms in total. The van der Waals surface area contributed by atoms with Gasteiger partial charge in [0.15, 0.2) is 0 Å². The molecule has 1 atom stereocenters. The second-order valence-corrected chi connectivity index (χ2v) is 5.98. The summed E-state index contributed by atoms with van der Waals surface area (Å²) in [6, 6.07) is 4.59. The van der Waals surface area contributed by atoms with Gasteiger partial charge in [0.05, 0.1) is 5.56 Å². The highest BCUT2D eigenvalue weighted by Crippen LogP contribution is 2.26. The quantitative estimate of drug-likeness (QED) is 0.784. The molecule has 2 amide bonds. The Labute approximate surface area is 124 Å². The van der Waals surface area contributed by atoms with Crippen LogP contribution in [0.25, 0.3) is 0 Å². The number of nitrogens with zero attached hydrogens (tertiary/aromatic N) is 2. The summed E-state index contributed by atoms with van der Waals surface area (Å²) in [5, 5.41) is 0. The molecule has 106 valence electrons. The summed E-state index contributed by atoms with van der Waals surface area (Å²) in [7, 11) is 0. The molecule has 1 aromatic rings. The van der Waals surface area contributed by atoms with Crippen LogP contribution in [0.4, 0.5) is 4.39 Å². The Bertz CT molecular complexity index is 558. The maximum Gasteiger partial charge on any atom is 0.258 e. The van der Waals surface area contributed by atoms with Gasteiger partial charge in [-0.3, -0.25) is 9.59 Å². The van der Waals surface area contributed by atoms with Gasteiger partial charge in [0.2, 0.25) is 5.91 Å². The molecule has 1 unspecified atom stereocenters. The van der Waals surface area contributed by atoms with Crippen LogP contribution in [-0.2, 0) is 4.79 Å². The molecule has 0 aliphatic carbocycles. The molecule has 0 radical (unpaired) electrons. The first-order valence-electron chi connectivity index (χ1n) is 6.60. The topological polar surface area (TPSA) is 40.6 Å². The van der Waals surface area contributed by atoms with E-state index in [2.05, 4.69) is 15.9 Å². The van der Waals surface area contributed by atoms with Crippen molar-refractivity contribution in [3.8, 4) is 0 Å². The van der Waals surface area contributed by atoms with Gasteiger partial charge >= 0.3 is 0 Å². The van der Waals surface area contributed by atoms with E-state index in [1.54, 1.807) is 17.0 Å². The SMILES string of the molecule is O=C(c1c(F)cccc1Br)N1CCN2C(=O)CCC2C1. The van der Waals surface area contributed by atoms with Crippen LogP contribution < -0.4 is 0 Å². The van der Waals surface area contributed by atoms with Crippen LogP contribution in [0, 0.1) is 5.82 Å². The molecule has 2 heterocycles. The smallest absolute Gasteiger partial charge is 0.258 e. The van der Waals surface area contributed by atoms with Gasteiger partial charge in [-0.25, -0.2) is 4.39 Å². The number of amides is 2. The van der Waals surface area contributed by atoms with Gasteiger partial charge in [-0.05, 0) is 34.5 Å². The lowest BCUT2D eigenvalue weighted by molar-refractivity contribution is -0.130. The average molecular weight is 341 g/mol. The molecule has 0 N–H and O–H groups in total. The van der Waals surface area contributed by atoms with Gasteiger partial charge in [0.25, 0.3) is 5.91 Å². The second-order valence-electron chi connectivity index (χ2n) is 5.13. The molecule has 1 aromatic carbocycles. The number of rotatable bonds is 1. The molecule has 2 aliphatic heterocycles. The third-order valence-corrected chi connectivity index (χ3v) is 4.62. The van der Waals surface area contributed by atoms with Crippen LogP contribution in [0.1, 0.15) is 23.2 Å². The van der Waals surface area contributed by atoms with E-state index in [4.69, 9.17) is 0 Å². The highest BCUT2D eigenvalue weighted by molar-refractivity contribution is 9.10. The van der Waals surface area contributed by atoms with Crippen molar-refractivity contribution in [3.63, 3.8) is 0 Å². The predicted octanol–water partition coefficient (Wildman–Crippen LogP) is 2.04. The summed E-state index contributed by atoms with van der Waals surface area (Å²) in [6.45, 7) is 1.49. The first-order valence-corrected chi connectivity index (χ1v) is 7.40. The van der Waals surface area contributed by atoms with Gasteiger partial charge in [-0.2, -0.15) is 0 Å². The molecule has 0 spiro atoms. The van der Waals surface area contributed by atoms with Crippen molar-refractivity contribution in [2.24, 2.45) is 0 Å². The maximum absolute atomic E-state index is 13.8. The van der Waals surface area contributed by atoms with Crippen LogP contribution >= 0.6 is 15.9 Å². The van der Waals surface area contributed by atoms with Crippen molar-refractivity contribution < 1.29 is 14.0 Å². The third-order valence-electron chi connectivity index (χ3n) is 3.96. The fraction of sp³-hybridized carbons (Fsp3) is 0.429. The largest absolute Gasteiger partial charge is 0.336 e. The highest BCUT2D eigenvalue weighted by Gasteiger charge is 2.37. The number of carbonyl (C=O) groups excluding carboxylic acids is 2. The minimum absolute atomic E-state index is 0.0743. The summed E-state index contributed by atoms with van der Waals surface area (Å²) in [5.41, 5.74) is 0.0743. The summed E-state index contributed by atoms with van der Waals surface area (Å²) in [5.74, 6) is -0.669. The fourth-order valence-corrected chi connectivity index (χ4v) is 3.42. The molecule has 2 saturated heterocycles. The monoisotopic (exact) mass is 340 g/mol.